The highest BCUT2D eigenvalue weighted by molar-refractivity contribution is 5.87. The normalized spacial score (nSPS) is 30.9. The fourth-order valence-electron chi connectivity index (χ4n) is 5.10. The molecule has 3 saturated heterocycles. The minimum absolute atomic E-state index is 0.153. The van der Waals surface area contributed by atoms with Gasteiger partial charge in [-0.05, 0) is 53.0 Å². The first-order valence-corrected chi connectivity index (χ1v) is 10.5. The van der Waals surface area contributed by atoms with Crippen molar-refractivity contribution in [1.29, 1.82) is 0 Å². The van der Waals surface area contributed by atoms with Crippen LogP contribution < -0.4 is 5.32 Å². The van der Waals surface area contributed by atoms with Gasteiger partial charge in [-0.1, -0.05) is 6.42 Å². The molecule has 1 spiro atoms. The monoisotopic (exact) mass is 364 g/mol. The minimum atomic E-state index is -0.414. The zero-order valence-electron chi connectivity index (χ0n) is 16.8. The average molecular weight is 365 g/mol. The van der Waals surface area contributed by atoms with E-state index in [4.69, 9.17) is 0 Å². The molecule has 0 aromatic rings. The van der Waals surface area contributed by atoms with E-state index < -0.39 is 5.54 Å². The standard InChI is InChI=1S/C20H36N4O2/c1-16-6-4-7-17(2)24(16)13-8-18(25)23-14-9-20(10-15-23)19(26)21-11-5-12-22(20)3/h16-17H,4-15H2,1-3H3,(H,21,26)/t16-,17+. The molecule has 0 saturated carbocycles. The summed E-state index contributed by atoms with van der Waals surface area (Å²) in [6.07, 6.45) is 6.88. The number of nitrogens with zero attached hydrogens (tertiary/aromatic N) is 3. The Morgan fingerprint density at radius 1 is 1.12 bits per heavy atom. The summed E-state index contributed by atoms with van der Waals surface area (Å²) in [5.41, 5.74) is -0.414. The number of carbonyl (C=O) groups is 2. The molecule has 3 rings (SSSR count). The van der Waals surface area contributed by atoms with Crippen molar-refractivity contribution in [3.05, 3.63) is 0 Å². The quantitative estimate of drug-likeness (QED) is 0.824. The summed E-state index contributed by atoms with van der Waals surface area (Å²) in [6.45, 7) is 8.53. The molecule has 0 aromatic heterocycles. The number of carbonyl (C=O) groups excluding carboxylic acids is 2. The molecule has 6 nitrogen and oxygen atoms in total. The highest BCUT2D eigenvalue weighted by atomic mass is 16.2. The molecule has 0 aromatic carbocycles. The Morgan fingerprint density at radius 2 is 1.77 bits per heavy atom. The second-order valence-electron chi connectivity index (χ2n) is 8.56. The van der Waals surface area contributed by atoms with E-state index in [1.807, 2.05) is 4.90 Å². The van der Waals surface area contributed by atoms with Crippen molar-refractivity contribution < 1.29 is 9.59 Å². The Balaban J connectivity index is 1.52. The molecule has 0 unspecified atom stereocenters. The molecule has 2 atom stereocenters. The van der Waals surface area contributed by atoms with Gasteiger partial charge < -0.3 is 10.2 Å². The van der Waals surface area contributed by atoms with Gasteiger partial charge in [0.2, 0.25) is 11.8 Å². The van der Waals surface area contributed by atoms with Crippen LogP contribution in [0.25, 0.3) is 0 Å². The third-order valence-electron chi connectivity index (χ3n) is 7.01. The SMILES string of the molecule is C[C@@H]1CCC[C@H](C)N1CCC(=O)N1CCC2(CC1)C(=O)NCCCN2C. The van der Waals surface area contributed by atoms with Gasteiger partial charge in [0.05, 0.1) is 0 Å². The second kappa shape index (κ2) is 8.26. The van der Waals surface area contributed by atoms with Crippen molar-refractivity contribution in [3.8, 4) is 0 Å². The lowest BCUT2D eigenvalue weighted by molar-refractivity contribution is -0.141. The Labute approximate surface area is 158 Å². The highest BCUT2D eigenvalue weighted by Crippen LogP contribution is 2.30. The summed E-state index contributed by atoms with van der Waals surface area (Å²) in [5, 5.41) is 3.07. The lowest BCUT2D eigenvalue weighted by Gasteiger charge is -2.45. The molecule has 26 heavy (non-hydrogen) atoms. The molecule has 0 aliphatic carbocycles. The van der Waals surface area contributed by atoms with Crippen LogP contribution in [0.5, 0.6) is 0 Å². The van der Waals surface area contributed by atoms with Crippen LogP contribution in [0.1, 0.15) is 58.8 Å². The van der Waals surface area contributed by atoms with E-state index in [2.05, 4.69) is 36.0 Å². The van der Waals surface area contributed by atoms with E-state index in [9.17, 15) is 9.59 Å². The maximum Gasteiger partial charge on any atom is 0.240 e. The number of nitrogens with one attached hydrogen (secondary N) is 1. The molecule has 3 fully saturated rings. The molecule has 3 aliphatic rings. The zero-order chi connectivity index (χ0) is 18.7. The molecule has 0 radical (unpaired) electrons. The number of hydrogen-bond acceptors (Lipinski definition) is 4. The third-order valence-corrected chi connectivity index (χ3v) is 7.01. The number of likely N-dealkylation sites (tertiary alicyclic amines) is 2. The summed E-state index contributed by atoms with van der Waals surface area (Å²) in [7, 11) is 2.06. The molecule has 6 heteroatoms. The van der Waals surface area contributed by atoms with Crippen LogP contribution >= 0.6 is 0 Å². The van der Waals surface area contributed by atoms with Crippen molar-refractivity contribution in [1.82, 2.24) is 20.0 Å². The van der Waals surface area contributed by atoms with Crippen LogP contribution in [0.15, 0.2) is 0 Å². The lowest BCUT2D eigenvalue weighted by Crippen LogP contribution is -2.61. The molecule has 3 aliphatic heterocycles. The molecule has 2 amide bonds. The van der Waals surface area contributed by atoms with Crippen molar-refractivity contribution in [2.45, 2.75) is 76.4 Å². The Morgan fingerprint density at radius 3 is 2.42 bits per heavy atom. The van der Waals surface area contributed by atoms with Gasteiger partial charge in [-0.25, -0.2) is 0 Å². The summed E-state index contributed by atoms with van der Waals surface area (Å²) in [4.78, 5) is 32.1. The Kier molecular flexibility index (Phi) is 6.23. The predicted octanol–water partition coefficient (Wildman–Crippen LogP) is 1.45. The summed E-state index contributed by atoms with van der Waals surface area (Å²) in [6, 6.07) is 1.17. The van der Waals surface area contributed by atoms with Gasteiger partial charge in [0.25, 0.3) is 0 Å². The first-order chi connectivity index (χ1) is 12.4. The van der Waals surface area contributed by atoms with Gasteiger partial charge in [-0.3, -0.25) is 19.4 Å². The Bertz CT molecular complexity index is 506. The van der Waals surface area contributed by atoms with Crippen LogP contribution in [0, 0.1) is 0 Å². The topological polar surface area (TPSA) is 55.9 Å². The largest absolute Gasteiger partial charge is 0.354 e. The predicted molar refractivity (Wildman–Crippen MR) is 103 cm³/mol. The fourth-order valence-corrected chi connectivity index (χ4v) is 5.10. The molecule has 148 valence electrons. The van der Waals surface area contributed by atoms with Crippen LogP contribution in [0.3, 0.4) is 0 Å². The Hall–Kier alpha value is -1.14. The van der Waals surface area contributed by atoms with E-state index in [1.54, 1.807) is 0 Å². The zero-order valence-corrected chi connectivity index (χ0v) is 16.8. The summed E-state index contributed by atoms with van der Waals surface area (Å²) >= 11 is 0. The van der Waals surface area contributed by atoms with Gasteiger partial charge in [0.15, 0.2) is 0 Å². The van der Waals surface area contributed by atoms with Crippen molar-refractivity contribution >= 4 is 11.8 Å². The number of piperidine rings is 2. The van der Waals surface area contributed by atoms with Crippen molar-refractivity contribution in [3.63, 3.8) is 0 Å². The number of rotatable bonds is 3. The maximum atomic E-state index is 12.7. The van der Waals surface area contributed by atoms with Gasteiger partial charge in [-0.15, -0.1) is 0 Å². The van der Waals surface area contributed by atoms with Crippen molar-refractivity contribution in [2.75, 3.05) is 39.8 Å². The second-order valence-corrected chi connectivity index (χ2v) is 8.56. The molecule has 1 N–H and O–H groups in total. The van der Waals surface area contributed by atoms with Crippen LogP contribution in [-0.2, 0) is 9.59 Å². The van der Waals surface area contributed by atoms with Crippen LogP contribution in [0.2, 0.25) is 0 Å². The molecule has 3 heterocycles. The van der Waals surface area contributed by atoms with E-state index in [0.717, 1.165) is 38.9 Å². The minimum Gasteiger partial charge on any atom is -0.354 e. The van der Waals surface area contributed by atoms with Gasteiger partial charge >= 0.3 is 0 Å². The molecular weight excluding hydrogens is 328 g/mol. The van der Waals surface area contributed by atoms with E-state index in [1.165, 1.54) is 19.3 Å². The van der Waals surface area contributed by atoms with Crippen LogP contribution in [0.4, 0.5) is 0 Å². The third kappa shape index (κ3) is 3.91. The first kappa shape index (κ1) is 19.6. The van der Waals surface area contributed by atoms with Crippen LogP contribution in [-0.4, -0.2) is 83.9 Å². The van der Waals surface area contributed by atoms with E-state index >= 15 is 0 Å². The highest BCUT2D eigenvalue weighted by Gasteiger charge is 2.46. The number of amides is 2. The molecule has 0 bridgehead atoms. The smallest absolute Gasteiger partial charge is 0.240 e. The van der Waals surface area contributed by atoms with E-state index in [-0.39, 0.29) is 11.8 Å². The summed E-state index contributed by atoms with van der Waals surface area (Å²) in [5.74, 6) is 0.405. The van der Waals surface area contributed by atoms with Gasteiger partial charge in [0.1, 0.15) is 5.54 Å². The lowest BCUT2D eigenvalue weighted by atomic mass is 9.85. The fraction of sp³-hybridized carbons (Fsp3) is 0.900. The average Bonchev–Trinajstić information content (AvgIpc) is 2.76. The number of likely N-dealkylation sites (N-methyl/N-ethyl adjacent to an activating group) is 1. The van der Waals surface area contributed by atoms with Crippen molar-refractivity contribution in [2.24, 2.45) is 0 Å². The maximum absolute atomic E-state index is 12.7. The van der Waals surface area contributed by atoms with Gasteiger partial charge in [-0.2, -0.15) is 0 Å². The molecular formula is C20H36N4O2. The number of hydrogen-bond donors (Lipinski definition) is 1. The first-order valence-electron chi connectivity index (χ1n) is 10.5. The summed E-state index contributed by atoms with van der Waals surface area (Å²) < 4.78 is 0. The van der Waals surface area contributed by atoms with Gasteiger partial charge in [0, 0.05) is 51.2 Å². The van der Waals surface area contributed by atoms with E-state index in [0.29, 0.717) is 31.6 Å².